The van der Waals surface area contributed by atoms with Crippen LogP contribution >= 0.6 is 0 Å². The summed E-state index contributed by atoms with van der Waals surface area (Å²) in [5.41, 5.74) is 1.80. The zero-order valence-electron chi connectivity index (χ0n) is 13.6. The first-order valence-corrected chi connectivity index (χ1v) is 7.74. The zero-order chi connectivity index (χ0) is 16.5. The highest BCUT2D eigenvalue weighted by Gasteiger charge is 2.05. The fourth-order valence-corrected chi connectivity index (χ4v) is 2.22. The van der Waals surface area contributed by atoms with E-state index in [1.807, 2.05) is 12.1 Å². The lowest BCUT2D eigenvalue weighted by Gasteiger charge is -2.11. The van der Waals surface area contributed by atoms with Gasteiger partial charge in [0.15, 0.2) is 6.29 Å². The van der Waals surface area contributed by atoms with E-state index in [9.17, 15) is 4.79 Å². The van der Waals surface area contributed by atoms with Crippen LogP contribution in [0.2, 0.25) is 0 Å². The van der Waals surface area contributed by atoms with Gasteiger partial charge in [-0.25, -0.2) is 0 Å². The van der Waals surface area contributed by atoms with Crippen LogP contribution in [0.15, 0.2) is 42.5 Å². The van der Waals surface area contributed by atoms with E-state index in [1.54, 1.807) is 25.3 Å². The van der Waals surface area contributed by atoms with Gasteiger partial charge in [0.2, 0.25) is 0 Å². The fraction of sp³-hybridized carbons (Fsp3) is 0.316. The van der Waals surface area contributed by atoms with Crippen molar-refractivity contribution < 1.29 is 19.0 Å². The van der Waals surface area contributed by atoms with Gasteiger partial charge in [0, 0.05) is 6.07 Å². The van der Waals surface area contributed by atoms with Crippen LogP contribution in [0.4, 0.5) is 0 Å². The van der Waals surface area contributed by atoms with E-state index in [0.717, 1.165) is 24.9 Å². The summed E-state index contributed by atoms with van der Waals surface area (Å²) in [6, 6.07) is 13.2. The molecule has 23 heavy (non-hydrogen) atoms. The third-order valence-electron chi connectivity index (χ3n) is 3.42. The van der Waals surface area contributed by atoms with E-state index < -0.39 is 0 Å². The third kappa shape index (κ3) is 5.02. The third-order valence-corrected chi connectivity index (χ3v) is 3.42. The molecule has 0 bridgehead atoms. The van der Waals surface area contributed by atoms with Crippen molar-refractivity contribution in [1.82, 2.24) is 0 Å². The minimum absolute atomic E-state index is 0.352. The Morgan fingerprint density at radius 2 is 1.65 bits per heavy atom. The maximum absolute atomic E-state index is 11.0. The number of aldehydes is 1. The molecule has 0 fully saturated rings. The summed E-state index contributed by atoms with van der Waals surface area (Å²) in [5, 5.41) is 0. The molecular formula is C19H22O4. The predicted octanol–water partition coefficient (Wildman–Crippen LogP) is 3.92. The Morgan fingerprint density at radius 3 is 2.30 bits per heavy atom. The first-order chi connectivity index (χ1) is 11.3. The predicted molar refractivity (Wildman–Crippen MR) is 89.8 cm³/mol. The minimum atomic E-state index is 0.352. The van der Waals surface area contributed by atoms with Gasteiger partial charge in [-0.05, 0) is 36.2 Å². The van der Waals surface area contributed by atoms with Crippen LogP contribution in [0.5, 0.6) is 17.2 Å². The van der Waals surface area contributed by atoms with Gasteiger partial charge in [0.1, 0.15) is 30.5 Å². The SMILES string of the molecule is CCCc1ccc(OCCOc2cc(OC)ccc2C=O)cc1. The number of ether oxygens (including phenoxy) is 3. The zero-order valence-corrected chi connectivity index (χ0v) is 13.6. The van der Waals surface area contributed by atoms with Crippen LogP contribution in [0.25, 0.3) is 0 Å². The molecule has 0 N–H and O–H groups in total. The highest BCUT2D eigenvalue weighted by molar-refractivity contribution is 5.79. The van der Waals surface area contributed by atoms with Crippen LogP contribution in [0.1, 0.15) is 29.3 Å². The molecule has 0 unspecified atom stereocenters. The summed E-state index contributed by atoms with van der Waals surface area (Å²) in [6.07, 6.45) is 2.98. The van der Waals surface area contributed by atoms with Crippen molar-refractivity contribution in [2.24, 2.45) is 0 Å². The molecule has 2 rings (SSSR count). The van der Waals surface area contributed by atoms with Gasteiger partial charge in [-0.15, -0.1) is 0 Å². The van der Waals surface area contributed by atoms with Crippen molar-refractivity contribution in [3.05, 3.63) is 53.6 Å². The molecule has 122 valence electrons. The number of carbonyl (C=O) groups is 1. The minimum Gasteiger partial charge on any atom is -0.497 e. The van der Waals surface area contributed by atoms with Gasteiger partial charge in [-0.2, -0.15) is 0 Å². The highest BCUT2D eigenvalue weighted by Crippen LogP contribution is 2.23. The largest absolute Gasteiger partial charge is 0.497 e. The van der Waals surface area contributed by atoms with Gasteiger partial charge in [0.25, 0.3) is 0 Å². The number of benzene rings is 2. The van der Waals surface area contributed by atoms with E-state index in [1.165, 1.54) is 5.56 Å². The second kappa shape index (κ2) is 8.83. The van der Waals surface area contributed by atoms with Crippen molar-refractivity contribution in [2.75, 3.05) is 20.3 Å². The normalized spacial score (nSPS) is 10.2. The summed E-state index contributed by atoms with van der Waals surface area (Å²) in [7, 11) is 1.57. The Bertz CT molecular complexity index is 620. The quantitative estimate of drug-likeness (QED) is 0.520. The molecule has 0 aliphatic rings. The molecule has 0 atom stereocenters. The Morgan fingerprint density at radius 1 is 0.957 bits per heavy atom. The maximum Gasteiger partial charge on any atom is 0.153 e. The molecule has 0 saturated carbocycles. The molecule has 0 radical (unpaired) electrons. The molecule has 0 heterocycles. The van der Waals surface area contributed by atoms with Crippen molar-refractivity contribution in [3.8, 4) is 17.2 Å². The smallest absolute Gasteiger partial charge is 0.153 e. The molecule has 4 heteroatoms. The van der Waals surface area contributed by atoms with E-state index in [4.69, 9.17) is 14.2 Å². The lowest BCUT2D eigenvalue weighted by atomic mass is 10.1. The molecule has 0 saturated heterocycles. The van der Waals surface area contributed by atoms with Gasteiger partial charge in [0.05, 0.1) is 12.7 Å². The number of hydrogen-bond donors (Lipinski definition) is 0. The van der Waals surface area contributed by atoms with Gasteiger partial charge in [-0.1, -0.05) is 25.5 Å². The molecule has 0 spiro atoms. The summed E-state index contributed by atoms with van der Waals surface area (Å²) >= 11 is 0. The summed E-state index contributed by atoms with van der Waals surface area (Å²) in [4.78, 5) is 11.0. The van der Waals surface area contributed by atoms with Crippen LogP contribution in [-0.4, -0.2) is 26.6 Å². The van der Waals surface area contributed by atoms with E-state index in [0.29, 0.717) is 30.3 Å². The number of aryl methyl sites for hydroxylation is 1. The van der Waals surface area contributed by atoms with Gasteiger partial charge in [-0.3, -0.25) is 4.79 Å². The lowest BCUT2D eigenvalue weighted by molar-refractivity contribution is 0.111. The van der Waals surface area contributed by atoms with E-state index in [2.05, 4.69) is 19.1 Å². The number of hydrogen-bond acceptors (Lipinski definition) is 4. The highest BCUT2D eigenvalue weighted by atomic mass is 16.5. The Kier molecular flexibility index (Phi) is 6.48. The molecule has 0 amide bonds. The van der Waals surface area contributed by atoms with Crippen LogP contribution < -0.4 is 14.2 Å². The second-order valence-corrected chi connectivity index (χ2v) is 5.11. The number of methoxy groups -OCH3 is 1. The van der Waals surface area contributed by atoms with Crippen molar-refractivity contribution >= 4 is 6.29 Å². The Hall–Kier alpha value is -2.49. The summed E-state index contributed by atoms with van der Waals surface area (Å²) < 4.78 is 16.4. The van der Waals surface area contributed by atoms with Crippen molar-refractivity contribution in [3.63, 3.8) is 0 Å². The average Bonchev–Trinajstić information content (AvgIpc) is 2.60. The fourth-order valence-electron chi connectivity index (χ4n) is 2.22. The maximum atomic E-state index is 11.0. The molecule has 0 aliphatic heterocycles. The topological polar surface area (TPSA) is 44.8 Å². The Balaban J connectivity index is 1.84. The monoisotopic (exact) mass is 314 g/mol. The summed E-state index contributed by atoms with van der Waals surface area (Å²) in [6.45, 7) is 2.92. The number of carbonyl (C=O) groups excluding carboxylic acids is 1. The lowest BCUT2D eigenvalue weighted by Crippen LogP contribution is -2.10. The van der Waals surface area contributed by atoms with Crippen LogP contribution in [0, 0.1) is 0 Å². The first kappa shape index (κ1) is 16.9. The molecule has 2 aromatic rings. The van der Waals surface area contributed by atoms with Crippen molar-refractivity contribution in [2.45, 2.75) is 19.8 Å². The first-order valence-electron chi connectivity index (χ1n) is 7.74. The Labute approximate surface area is 137 Å². The van der Waals surface area contributed by atoms with Crippen molar-refractivity contribution in [1.29, 1.82) is 0 Å². The standard InChI is InChI=1S/C19H22O4/c1-3-4-15-5-8-17(9-6-15)22-11-12-23-19-13-18(21-2)10-7-16(19)14-20/h5-10,13-14H,3-4,11-12H2,1-2H3. The van der Waals surface area contributed by atoms with Gasteiger partial charge < -0.3 is 14.2 Å². The molecule has 2 aromatic carbocycles. The second-order valence-electron chi connectivity index (χ2n) is 5.11. The van der Waals surface area contributed by atoms with Crippen LogP contribution in [0.3, 0.4) is 0 Å². The number of rotatable bonds is 9. The summed E-state index contributed by atoms with van der Waals surface area (Å²) in [5.74, 6) is 1.97. The molecule has 0 aromatic heterocycles. The molecular weight excluding hydrogens is 292 g/mol. The average molecular weight is 314 g/mol. The van der Waals surface area contributed by atoms with E-state index >= 15 is 0 Å². The molecule has 4 nitrogen and oxygen atoms in total. The molecule has 0 aliphatic carbocycles. The van der Waals surface area contributed by atoms with Gasteiger partial charge >= 0.3 is 0 Å². The van der Waals surface area contributed by atoms with E-state index in [-0.39, 0.29) is 0 Å². The van der Waals surface area contributed by atoms with Crippen LogP contribution in [-0.2, 0) is 6.42 Å².